The van der Waals surface area contributed by atoms with E-state index in [4.69, 9.17) is 4.74 Å². The minimum atomic E-state index is -0.210. The van der Waals surface area contributed by atoms with Crippen molar-refractivity contribution in [3.63, 3.8) is 0 Å². The second-order valence-electron chi connectivity index (χ2n) is 5.89. The van der Waals surface area contributed by atoms with Gasteiger partial charge in [-0.3, -0.25) is 0 Å². The largest absolute Gasteiger partial charge is 0.462 e. The van der Waals surface area contributed by atoms with Crippen molar-refractivity contribution >= 4 is 17.1 Å². The van der Waals surface area contributed by atoms with E-state index >= 15 is 0 Å². The molecule has 2 aromatic carbocycles. The quantitative estimate of drug-likeness (QED) is 0.794. The number of hydrogen-bond acceptors (Lipinski definition) is 2. The highest BCUT2D eigenvalue weighted by Crippen LogP contribution is 2.43. The van der Waals surface area contributed by atoms with Gasteiger partial charge in [-0.25, -0.2) is 4.79 Å². The molecule has 0 N–H and O–H groups in total. The molecule has 0 unspecified atom stereocenters. The molecule has 0 bridgehead atoms. The van der Waals surface area contributed by atoms with Crippen LogP contribution in [0.1, 0.15) is 29.2 Å². The van der Waals surface area contributed by atoms with E-state index in [1.165, 1.54) is 22.3 Å². The zero-order valence-corrected chi connectivity index (χ0v) is 13.1. The van der Waals surface area contributed by atoms with Crippen LogP contribution < -0.4 is 0 Å². The van der Waals surface area contributed by atoms with E-state index in [0.29, 0.717) is 6.61 Å². The molecule has 114 valence electrons. The summed E-state index contributed by atoms with van der Waals surface area (Å²) in [4.78, 5) is 12.6. The molecule has 0 atom stereocenters. The minimum absolute atomic E-state index is 0.210. The molecule has 4 rings (SSSR count). The third-order valence-electron chi connectivity index (χ3n) is 4.59. The fraction of sp³-hybridized carbons (Fsp3) is 0.190. The molecule has 0 saturated carbocycles. The Labute approximate surface area is 136 Å². The van der Waals surface area contributed by atoms with Crippen LogP contribution >= 0.6 is 0 Å². The molecule has 0 aliphatic heterocycles. The topological polar surface area (TPSA) is 26.3 Å². The van der Waals surface area contributed by atoms with Crippen LogP contribution in [0.2, 0.25) is 0 Å². The van der Waals surface area contributed by atoms with Crippen molar-refractivity contribution in [3.8, 4) is 0 Å². The molecule has 2 nitrogen and oxygen atoms in total. The Kier molecular flexibility index (Phi) is 3.38. The lowest BCUT2D eigenvalue weighted by molar-refractivity contribution is -0.136. The number of allylic oxidation sites excluding steroid dienone is 3. The van der Waals surface area contributed by atoms with E-state index in [1.54, 1.807) is 0 Å². The maximum absolute atomic E-state index is 12.6. The average Bonchev–Trinajstić information content (AvgIpc) is 3.16. The van der Waals surface area contributed by atoms with Crippen LogP contribution in [0.4, 0.5) is 0 Å². The van der Waals surface area contributed by atoms with Crippen LogP contribution in [-0.4, -0.2) is 12.6 Å². The lowest BCUT2D eigenvalue weighted by Gasteiger charge is -2.10. The van der Waals surface area contributed by atoms with Crippen LogP contribution in [0.15, 0.2) is 60.2 Å². The Morgan fingerprint density at radius 3 is 2.48 bits per heavy atom. The molecular formula is C21H18O2. The van der Waals surface area contributed by atoms with Crippen molar-refractivity contribution in [2.45, 2.75) is 19.8 Å². The third-order valence-corrected chi connectivity index (χ3v) is 4.59. The zero-order valence-electron chi connectivity index (χ0n) is 13.1. The molecule has 0 amide bonds. The van der Waals surface area contributed by atoms with Gasteiger partial charge >= 0.3 is 5.97 Å². The molecule has 0 heterocycles. The molecule has 0 saturated heterocycles. The van der Waals surface area contributed by atoms with E-state index < -0.39 is 0 Å². The second-order valence-corrected chi connectivity index (χ2v) is 5.89. The van der Waals surface area contributed by atoms with Crippen LogP contribution in [0, 0.1) is 0 Å². The van der Waals surface area contributed by atoms with E-state index in [1.807, 2.05) is 25.1 Å². The summed E-state index contributed by atoms with van der Waals surface area (Å²) in [6, 6.07) is 16.6. The number of esters is 1. The fourth-order valence-corrected chi connectivity index (χ4v) is 3.59. The molecule has 2 aliphatic rings. The first-order valence-corrected chi connectivity index (χ1v) is 8.07. The predicted octanol–water partition coefficient (Wildman–Crippen LogP) is 4.20. The average molecular weight is 302 g/mol. The predicted molar refractivity (Wildman–Crippen MR) is 91.8 cm³/mol. The van der Waals surface area contributed by atoms with Crippen LogP contribution in [0.25, 0.3) is 11.1 Å². The van der Waals surface area contributed by atoms with Crippen molar-refractivity contribution in [1.82, 2.24) is 0 Å². The zero-order chi connectivity index (χ0) is 15.8. The van der Waals surface area contributed by atoms with Crippen molar-refractivity contribution < 1.29 is 9.53 Å². The number of rotatable bonds is 3. The molecule has 2 aromatic rings. The summed E-state index contributed by atoms with van der Waals surface area (Å²) >= 11 is 0. The Morgan fingerprint density at radius 2 is 1.70 bits per heavy atom. The minimum Gasteiger partial charge on any atom is -0.462 e. The van der Waals surface area contributed by atoms with Gasteiger partial charge in [-0.15, -0.1) is 0 Å². The smallest absolute Gasteiger partial charge is 0.339 e. The first-order valence-electron chi connectivity index (χ1n) is 8.07. The molecule has 0 radical (unpaired) electrons. The maximum Gasteiger partial charge on any atom is 0.339 e. The Morgan fingerprint density at radius 1 is 1.00 bits per heavy atom. The molecule has 0 fully saturated rings. The standard InChI is InChI=1S/C21H18O2/c1-2-23-21(22)20-17-10-6-4-8-15(17)13-19(20)18-12-11-14-7-3-5-9-16(14)18/h3-10,12H,2,11,13H2,1H3. The van der Waals surface area contributed by atoms with E-state index in [2.05, 4.69) is 36.4 Å². The Hall–Kier alpha value is -2.61. The van der Waals surface area contributed by atoms with E-state index in [9.17, 15) is 4.79 Å². The SMILES string of the molecule is CCOC(=O)C1=C(C2=CCc3ccccc32)Cc2ccccc21. The summed E-state index contributed by atoms with van der Waals surface area (Å²) < 4.78 is 5.34. The highest BCUT2D eigenvalue weighted by atomic mass is 16.5. The number of benzene rings is 2. The molecular weight excluding hydrogens is 284 g/mol. The Balaban J connectivity index is 1.86. The lowest BCUT2D eigenvalue weighted by Crippen LogP contribution is -2.07. The number of carbonyl (C=O) groups excluding carboxylic acids is 1. The monoisotopic (exact) mass is 302 g/mol. The van der Waals surface area contributed by atoms with Gasteiger partial charge in [-0.05, 0) is 53.2 Å². The van der Waals surface area contributed by atoms with Crippen molar-refractivity contribution in [2.24, 2.45) is 0 Å². The summed E-state index contributed by atoms with van der Waals surface area (Å²) in [5.74, 6) is -0.210. The van der Waals surface area contributed by atoms with Gasteiger partial charge in [-0.2, -0.15) is 0 Å². The van der Waals surface area contributed by atoms with Gasteiger partial charge in [0.15, 0.2) is 0 Å². The van der Waals surface area contributed by atoms with Crippen molar-refractivity contribution in [2.75, 3.05) is 6.61 Å². The summed E-state index contributed by atoms with van der Waals surface area (Å²) in [6.45, 7) is 2.25. The van der Waals surface area contributed by atoms with Crippen LogP contribution in [0.3, 0.4) is 0 Å². The normalized spacial score (nSPS) is 15.3. The first-order chi connectivity index (χ1) is 11.3. The summed E-state index contributed by atoms with van der Waals surface area (Å²) in [7, 11) is 0. The molecule has 23 heavy (non-hydrogen) atoms. The van der Waals surface area contributed by atoms with Gasteiger partial charge in [0, 0.05) is 0 Å². The van der Waals surface area contributed by atoms with Gasteiger partial charge < -0.3 is 4.74 Å². The number of hydrogen-bond donors (Lipinski definition) is 0. The number of fused-ring (bicyclic) bond motifs is 2. The van der Waals surface area contributed by atoms with Gasteiger partial charge in [0.05, 0.1) is 12.2 Å². The lowest BCUT2D eigenvalue weighted by atomic mass is 9.95. The number of carbonyl (C=O) groups is 1. The van der Waals surface area contributed by atoms with Crippen LogP contribution in [-0.2, 0) is 22.4 Å². The second kappa shape index (κ2) is 5.54. The van der Waals surface area contributed by atoms with Gasteiger partial charge in [0.1, 0.15) is 0 Å². The van der Waals surface area contributed by atoms with Gasteiger partial charge in [-0.1, -0.05) is 54.6 Å². The maximum atomic E-state index is 12.6. The third kappa shape index (κ3) is 2.22. The first kappa shape index (κ1) is 14.0. The fourth-order valence-electron chi connectivity index (χ4n) is 3.59. The highest BCUT2D eigenvalue weighted by molar-refractivity contribution is 6.22. The summed E-state index contributed by atoms with van der Waals surface area (Å²) in [5.41, 5.74) is 7.84. The molecule has 0 aromatic heterocycles. The Bertz CT molecular complexity index is 856. The summed E-state index contributed by atoms with van der Waals surface area (Å²) in [6.07, 6.45) is 3.97. The van der Waals surface area contributed by atoms with Gasteiger partial charge in [0.2, 0.25) is 0 Å². The van der Waals surface area contributed by atoms with Crippen molar-refractivity contribution in [1.29, 1.82) is 0 Å². The van der Waals surface area contributed by atoms with E-state index in [-0.39, 0.29) is 5.97 Å². The summed E-state index contributed by atoms with van der Waals surface area (Å²) in [5, 5.41) is 0. The molecule has 0 spiro atoms. The number of ether oxygens (including phenoxy) is 1. The van der Waals surface area contributed by atoms with E-state index in [0.717, 1.165) is 29.6 Å². The van der Waals surface area contributed by atoms with Gasteiger partial charge in [0.25, 0.3) is 0 Å². The molecule has 2 aliphatic carbocycles. The highest BCUT2D eigenvalue weighted by Gasteiger charge is 2.31. The molecule has 2 heteroatoms. The van der Waals surface area contributed by atoms with Crippen LogP contribution in [0.5, 0.6) is 0 Å². The van der Waals surface area contributed by atoms with Crippen molar-refractivity contribution in [3.05, 3.63) is 82.4 Å².